The van der Waals surface area contributed by atoms with Crippen LogP contribution < -0.4 is 5.43 Å². The molecule has 0 atom stereocenters. The molecule has 1 heterocycles. The molecular formula is C12H8ClFN2O2. The van der Waals surface area contributed by atoms with Crippen molar-refractivity contribution in [2.75, 3.05) is 0 Å². The van der Waals surface area contributed by atoms with Crippen LogP contribution in [0.3, 0.4) is 0 Å². The van der Waals surface area contributed by atoms with Gasteiger partial charge in [-0.05, 0) is 42.8 Å². The summed E-state index contributed by atoms with van der Waals surface area (Å²) in [5.41, 5.74) is 0.166. The van der Waals surface area contributed by atoms with Crippen LogP contribution in [-0.4, -0.2) is 15.0 Å². The zero-order chi connectivity index (χ0) is 13.3. The van der Waals surface area contributed by atoms with Gasteiger partial charge in [-0.3, -0.25) is 9.59 Å². The Morgan fingerprint density at radius 1 is 1.33 bits per heavy atom. The van der Waals surface area contributed by atoms with Gasteiger partial charge in [0.15, 0.2) is 5.69 Å². The van der Waals surface area contributed by atoms with Crippen molar-refractivity contribution in [3.05, 3.63) is 57.8 Å². The predicted molar refractivity (Wildman–Crippen MR) is 64.7 cm³/mol. The molecule has 0 N–H and O–H groups in total. The van der Waals surface area contributed by atoms with E-state index in [1.54, 1.807) is 6.92 Å². The van der Waals surface area contributed by atoms with Crippen molar-refractivity contribution in [1.29, 1.82) is 0 Å². The Labute approximate surface area is 107 Å². The number of carbonyl (C=O) groups excluding carboxylic acids is 1. The van der Waals surface area contributed by atoms with Crippen LogP contribution in [0, 0.1) is 12.7 Å². The largest absolute Gasteiger partial charge is 0.287 e. The molecule has 0 fully saturated rings. The van der Waals surface area contributed by atoms with E-state index in [1.165, 1.54) is 35.0 Å². The Kier molecular flexibility index (Phi) is 3.25. The minimum absolute atomic E-state index is 0.355. The molecule has 0 bridgehead atoms. The third-order valence-corrected chi connectivity index (χ3v) is 2.54. The van der Waals surface area contributed by atoms with Crippen LogP contribution in [0.25, 0.3) is 5.69 Å². The summed E-state index contributed by atoms with van der Waals surface area (Å²) in [4.78, 5) is 22.5. The second-order valence-corrected chi connectivity index (χ2v) is 4.00. The molecule has 2 rings (SSSR count). The summed E-state index contributed by atoms with van der Waals surface area (Å²) in [6.45, 7) is 1.65. The highest BCUT2D eigenvalue weighted by atomic mass is 35.5. The fourth-order valence-electron chi connectivity index (χ4n) is 1.53. The Bertz CT molecular complexity index is 665. The van der Waals surface area contributed by atoms with Gasteiger partial charge < -0.3 is 0 Å². The van der Waals surface area contributed by atoms with Gasteiger partial charge in [0.25, 0.3) is 5.24 Å². The van der Waals surface area contributed by atoms with Crippen LogP contribution in [-0.2, 0) is 0 Å². The fraction of sp³-hybridized carbons (Fsp3) is 0.0833. The molecule has 0 amide bonds. The number of aromatic nitrogens is 2. The minimum atomic E-state index is -0.920. The number of carbonyl (C=O) groups is 1. The molecule has 0 saturated heterocycles. The minimum Gasteiger partial charge on any atom is -0.287 e. The average Bonchev–Trinajstić information content (AvgIpc) is 2.30. The van der Waals surface area contributed by atoms with E-state index in [-0.39, 0.29) is 11.5 Å². The number of nitrogens with zero attached hydrogens (tertiary/aromatic N) is 2. The number of hydrogen-bond acceptors (Lipinski definition) is 3. The molecular weight excluding hydrogens is 259 g/mol. The van der Waals surface area contributed by atoms with Crippen molar-refractivity contribution in [1.82, 2.24) is 9.78 Å². The summed E-state index contributed by atoms with van der Waals surface area (Å²) >= 11 is 5.27. The van der Waals surface area contributed by atoms with Gasteiger partial charge >= 0.3 is 0 Å². The van der Waals surface area contributed by atoms with Gasteiger partial charge in [-0.25, -0.2) is 9.07 Å². The van der Waals surface area contributed by atoms with Crippen molar-refractivity contribution >= 4 is 16.8 Å². The Morgan fingerprint density at radius 2 is 1.94 bits per heavy atom. The van der Waals surface area contributed by atoms with E-state index < -0.39 is 10.7 Å². The van der Waals surface area contributed by atoms with Gasteiger partial charge in [0, 0.05) is 11.8 Å². The Balaban J connectivity index is 2.64. The van der Waals surface area contributed by atoms with Gasteiger partial charge in [-0.15, -0.1) is 0 Å². The molecule has 0 aliphatic rings. The average molecular weight is 267 g/mol. The van der Waals surface area contributed by atoms with E-state index in [1.807, 2.05) is 0 Å². The summed E-state index contributed by atoms with van der Waals surface area (Å²) in [5, 5.41) is 2.95. The maximum atomic E-state index is 12.8. The molecule has 0 unspecified atom stereocenters. The normalized spacial score (nSPS) is 10.4. The van der Waals surface area contributed by atoms with Crippen molar-refractivity contribution in [2.45, 2.75) is 6.92 Å². The Morgan fingerprint density at radius 3 is 2.50 bits per heavy atom. The molecule has 2 aromatic rings. The molecule has 0 spiro atoms. The highest BCUT2D eigenvalue weighted by Gasteiger charge is 2.12. The number of hydrogen-bond donors (Lipinski definition) is 0. The molecule has 0 aliphatic carbocycles. The van der Waals surface area contributed by atoms with E-state index in [4.69, 9.17) is 11.6 Å². The first-order chi connectivity index (χ1) is 8.49. The number of aryl methyl sites for hydroxylation is 1. The van der Waals surface area contributed by atoms with Crippen LogP contribution in [0.1, 0.15) is 16.2 Å². The first-order valence-corrected chi connectivity index (χ1v) is 5.43. The lowest BCUT2D eigenvalue weighted by molar-refractivity contribution is 0.107. The molecule has 1 aromatic carbocycles. The third kappa shape index (κ3) is 2.31. The molecule has 0 aliphatic heterocycles. The van der Waals surface area contributed by atoms with E-state index in [2.05, 4.69) is 5.10 Å². The van der Waals surface area contributed by atoms with Gasteiger partial charge in [0.2, 0.25) is 5.43 Å². The lowest BCUT2D eigenvalue weighted by Gasteiger charge is -2.09. The number of halogens is 2. The third-order valence-electron chi connectivity index (χ3n) is 2.36. The van der Waals surface area contributed by atoms with Gasteiger partial charge in [-0.2, -0.15) is 5.10 Å². The van der Waals surface area contributed by atoms with Crippen LogP contribution >= 0.6 is 11.6 Å². The van der Waals surface area contributed by atoms with Crippen LogP contribution in [0.5, 0.6) is 0 Å². The number of rotatable bonds is 2. The highest BCUT2D eigenvalue weighted by Crippen LogP contribution is 2.10. The smallest absolute Gasteiger partial charge is 0.276 e. The summed E-state index contributed by atoms with van der Waals surface area (Å²) in [5.74, 6) is -0.383. The summed E-state index contributed by atoms with van der Waals surface area (Å²) in [6, 6.07) is 6.75. The molecule has 6 heteroatoms. The first-order valence-electron chi connectivity index (χ1n) is 5.06. The van der Waals surface area contributed by atoms with Crippen LogP contribution in [0.2, 0.25) is 0 Å². The standard InChI is InChI=1S/C12H8ClFN2O2/c1-7-6-10(17)11(12(13)18)15-16(7)9-4-2-8(14)3-5-9/h2-6H,1H3. The van der Waals surface area contributed by atoms with Crippen LogP contribution in [0.4, 0.5) is 4.39 Å². The number of benzene rings is 1. The van der Waals surface area contributed by atoms with E-state index in [0.717, 1.165) is 0 Å². The second-order valence-electron chi connectivity index (χ2n) is 3.66. The van der Waals surface area contributed by atoms with Crippen molar-refractivity contribution in [3.8, 4) is 5.69 Å². The summed E-state index contributed by atoms with van der Waals surface area (Å²) in [7, 11) is 0. The van der Waals surface area contributed by atoms with Crippen molar-refractivity contribution in [2.24, 2.45) is 0 Å². The first kappa shape index (κ1) is 12.4. The lowest BCUT2D eigenvalue weighted by Crippen LogP contribution is -2.20. The lowest BCUT2D eigenvalue weighted by atomic mass is 10.3. The predicted octanol–water partition coefficient (Wildman–Crippen LogP) is 2.06. The van der Waals surface area contributed by atoms with E-state index >= 15 is 0 Å². The maximum absolute atomic E-state index is 12.8. The topological polar surface area (TPSA) is 52.0 Å². The van der Waals surface area contributed by atoms with Gasteiger partial charge in [0.05, 0.1) is 5.69 Å². The maximum Gasteiger partial charge on any atom is 0.276 e. The van der Waals surface area contributed by atoms with Crippen molar-refractivity contribution in [3.63, 3.8) is 0 Å². The highest BCUT2D eigenvalue weighted by molar-refractivity contribution is 6.67. The second kappa shape index (κ2) is 4.70. The summed E-state index contributed by atoms with van der Waals surface area (Å²) in [6.07, 6.45) is 0. The zero-order valence-corrected chi connectivity index (χ0v) is 10.1. The Hall–Kier alpha value is -2.01. The quantitative estimate of drug-likeness (QED) is 0.782. The van der Waals surface area contributed by atoms with E-state index in [9.17, 15) is 14.0 Å². The molecule has 0 radical (unpaired) electrons. The van der Waals surface area contributed by atoms with Gasteiger partial charge in [-0.1, -0.05) is 0 Å². The van der Waals surface area contributed by atoms with Gasteiger partial charge in [0.1, 0.15) is 5.82 Å². The summed E-state index contributed by atoms with van der Waals surface area (Å²) < 4.78 is 14.2. The monoisotopic (exact) mass is 266 g/mol. The van der Waals surface area contributed by atoms with Crippen molar-refractivity contribution < 1.29 is 9.18 Å². The molecule has 4 nitrogen and oxygen atoms in total. The molecule has 0 saturated carbocycles. The zero-order valence-electron chi connectivity index (χ0n) is 9.35. The fourth-order valence-corrected chi connectivity index (χ4v) is 1.66. The molecule has 92 valence electrons. The van der Waals surface area contributed by atoms with E-state index in [0.29, 0.717) is 11.4 Å². The molecule has 1 aromatic heterocycles. The SMILES string of the molecule is Cc1cc(=O)c(C(=O)Cl)nn1-c1ccc(F)cc1. The van der Waals surface area contributed by atoms with Crippen LogP contribution in [0.15, 0.2) is 35.1 Å². The molecule has 18 heavy (non-hydrogen) atoms.